The molecule has 4 aliphatic rings. The number of rotatable bonds is 10. The Bertz CT molecular complexity index is 7340. The molecule has 24 rings (SSSR count). The molecule has 0 saturated heterocycles. The lowest BCUT2D eigenvalue weighted by Crippen LogP contribution is -2.16. The van der Waals surface area contributed by atoms with E-state index in [1.54, 1.807) is 0 Å². The van der Waals surface area contributed by atoms with E-state index in [1.807, 2.05) is 0 Å². The van der Waals surface area contributed by atoms with Crippen LogP contribution in [0.2, 0.25) is 0 Å². The minimum absolute atomic E-state index is 0.114. The van der Waals surface area contributed by atoms with Crippen molar-refractivity contribution in [3.63, 3.8) is 0 Å². The van der Waals surface area contributed by atoms with Gasteiger partial charge in [0.15, 0.2) is 0 Å². The van der Waals surface area contributed by atoms with Crippen LogP contribution in [-0.2, 0) is 10.8 Å². The molecule has 0 amide bonds. The van der Waals surface area contributed by atoms with Crippen LogP contribution in [0, 0.1) is 0 Å². The van der Waals surface area contributed by atoms with Crippen LogP contribution in [0.1, 0.15) is 49.9 Å². The Kier molecular flexibility index (Phi) is 14.4. The number of nitrogens with zero attached hydrogens (tertiary/aromatic N) is 2. The van der Waals surface area contributed by atoms with Gasteiger partial charge < -0.3 is 18.6 Å². The molecule has 0 aliphatic heterocycles. The summed E-state index contributed by atoms with van der Waals surface area (Å²) in [5.74, 6) is 0. The summed E-state index contributed by atoms with van der Waals surface area (Å²) in [5.41, 5.74) is 40.7. The maximum absolute atomic E-state index is 6.68. The van der Waals surface area contributed by atoms with Crippen molar-refractivity contribution in [3.05, 3.63) is 398 Å². The molecular weight excluding hydrogens is 1380 g/mol. The second-order valence-corrected chi connectivity index (χ2v) is 32.1. The van der Waals surface area contributed by atoms with E-state index in [-0.39, 0.29) is 10.8 Å². The fraction of sp³-hybridized carbons (Fsp3) is 0.0545. The molecule has 0 N–H and O–H groups in total. The zero-order valence-corrected chi connectivity index (χ0v) is 63.5. The molecule has 20 aromatic rings. The molecule has 4 nitrogen and oxygen atoms in total. The van der Waals surface area contributed by atoms with Gasteiger partial charge in [0.05, 0.1) is 11.4 Å². The van der Waals surface area contributed by atoms with Gasteiger partial charge in [-0.2, -0.15) is 0 Å². The lowest BCUT2D eigenvalue weighted by atomic mass is 9.82. The molecule has 4 aliphatic carbocycles. The molecule has 0 bridgehead atoms. The molecule has 0 spiro atoms. The Labute approximate surface area is 662 Å². The molecule has 4 heteroatoms. The first-order valence-corrected chi connectivity index (χ1v) is 39.7. The Hall–Kier alpha value is -14.3. The standard InChI is InChI=1S/2C55H37NO/c1-55(2)47-21-9-8-17-45(47)54-48(55)22-12-23-49(54)56(36-27-25-35(26-28-36)34-13-4-3-5-14-34)37-29-32-50-46(33-37)53-43(20-11-24-51(53)57-50)40-30-31-44-39-16-7-6-15-38(39)41-18-10-19-42(40)52(41)44;1-55(2)48-19-9-8-16-45(48)54-49(55)20-11-21-50(54)56(37-25-22-35(23-26-37)34-12-4-3-5-13-34)38-27-31-52-47(33-38)46-32-36(24-30-51(46)57-52)39-28-29-44-41-15-7-6-14-40(41)43-18-10-17-42(39)53(43)44/h2*3-33H,1-2H3. The van der Waals surface area contributed by atoms with Crippen molar-refractivity contribution >= 4 is 99.5 Å². The fourth-order valence-electron chi connectivity index (χ4n) is 19.9. The highest BCUT2D eigenvalue weighted by atomic mass is 16.3. The van der Waals surface area contributed by atoms with Crippen molar-refractivity contribution in [2.24, 2.45) is 0 Å². The molecule has 0 fully saturated rings. The first kappa shape index (κ1) is 65.6. The maximum atomic E-state index is 6.68. The molecule has 0 unspecified atom stereocenters. The van der Waals surface area contributed by atoms with E-state index in [0.29, 0.717) is 0 Å². The van der Waals surface area contributed by atoms with Gasteiger partial charge in [-0.25, -0.2) is 0 Å². The SMILES string of the molecule is CC1(C)c2ccccc2-c2c(N(c3ccc(-c4ccccc4)cc3)c3ccc4oc5ccc(-c6ccc7c8c(cccc68)-c6ccccc6-7)cc5c4c3)cccc21.CC1(C)c2ccccc2-c2c(N(c3ccc(-c4ccccc4)cc3)c3ccc4oc5cccc(-c6ccc7c8c(cccc68)-c6ccccc6-7)c5c4c3)cccc21. The van der Waals surface area contributed by atoms with Gasteiger partial charge in [-0.05, 0) is 235 Å². The molecule has 114 heavy (non-hydrogen) atoms. The summed E-state index contributed by atoms with van der Waals surface area (Å²) >= 11 is 0. The van der Waals surface area contributed by atoms with Crippen LogP contribution in [0.4, 0.5) is 34.1 Å². The number of hydrogen-bond acceptors (Lipinski definition) is 4. The van der Waals surface area contributed by atoms with E-state index in [2.05, 4.69) is 414 Å². The number of hydrogen-bond donors (Lipinski definition) is 0. The van der Waals surface area contributed by atoms with Crippen LogP contribution >= 0.6 is 0 Å². The molecule has 0 atom stereocenters. The topological polar surface area (TPSA) is 32.8 Å². The van der Waals surface area contributed by atoms with Crippen molar-refractivity contribution in [3.8, 4) is 111 Å². The molecule has 536 valence electrons. The average Bonchev–Trinajstić information content (AvgIpc) is 1.44. The number of furan rings is 2. The Morgan fingerprint density at radius 2 is 0.526 bits per heavy atom. The van der Waals surface area contributed by atoms with Gasteiger partial charge in [0.25, 0.3) is 0 Å². The van der Waals surface area contributed by atoms with Crippen LogP contribution in [0.3, 0.4) is 0 Å². The zero-order chi connectivity index (χ0) is 75.7. The maximum Gasteiger partial charge on any atom is 0.136 e. The summed E-state index contributed by atoms with van der Waals surface area (Å²) in [4.78, 5) is 4.89. The van der Waals surface area contributed by atoms with Crippen LogP contribution in [0.5, 0.6) is 0 Å². The molecule has 0 radical (unpaired) electrons. The highest BCUT2D eigenvalue weighted by molar-refractivity contribution is 6.23. The summed E-state index contributed by atoms with van der Waals surface area (Å²) in [6.45, 7) is 9.40. The minimum Gasteiger partial charge on any atom is -0.456 e. The highest BCUT2D eigenvalue weighted by Gasteiger charge is 2.40. The van der Waals surface area contributed by atoms with Gasteiger partial charge in [-0.3, -0.25) is 0 Å². The monoisotopic (exact) mass is 1450 g/mol. The van der Waals surface area contributed by atoms with Crippen molar-refractivity contribution < 1.29 is 8.83 Å². The van der Waals surface area contributed by atoms with Crippen molar-refractivity contribution in [1.29, 1.82) is 0 Å². The van der Waals surface area contributed by atoms with Crippen LogP contribution in [-0.4, -0.2) is 0 Å². The molecular formula is C110H74N2O2. The highest BCUT2D eigenvalue weighted by Crippen LogP contribution is 2.59. The first-order chi connectivity index (χ1) is 56.1. The summed E-state index contributed by atoms with van der Waals surface area (Å²) < 4.78 is 13.2. The quantitative estimate of drug-likeness (QED) is 0.137. The van der Waals surface area contributed by atoms with Crippen LogP contribution in [0.15, 0.2) is 385 Å². The summed E-state index contributed by atoms with van der Waals surface area (Å²) in [7, 11) is 0. The normalized spacial score (nSPS) is 13.2. The van der Waals surface area contributed by atoms with E-state index in [9.17, 15) is 0 Å². The lowest BCUT2D eigenvalue weighted by Gasteiger charge is -2.29. The second-order valence-electron chi connectivity index (χ2n) is 32.1. The van der Waals surface area contributed by atoms with E-state index in [1.165, 1.54) is 161 Å². The summed E-state index contributed by atoms with van der Waals surface area (Å²) in [6, 6.07) is 138. The zero-order valence-electron chi connectivity index (χ0n) is 63.5. The largest absolute Gasteiger partial charge is 0.456 e. The van der Waals surface area contributed by atoms with E-state index in [0.717, 1.165) is 72.3 Å². The van der Waals surface area contributed by atoms with Gasteiger partial charge >= 0.3 is 0 Å². The fourth-order valence-corrected chi connectivity index (χ4v) is 19.9. The summed E-state index contributed by atoms with van der Waals surface area (Å²) in [6.07, 6.45) is 0. The Balaban J connectivity index is 0.000000135. The Morgan fingerprint density at radius 3 is 1.04 bits per heavy atom. The smallest absolute Gasteiger partial charge is 0.136 e. The molecule has 2 aromatic heterocycles. The van der Waals surface area contributed by atoms with Crippen molar-refractivity contribution in [1.82, 2.24) is 0 Å². The molecule has 18 aromatic carbocycles. The van der Waals surface area contributed by atoms with Crippen LogP contribution in [0.25, 0.3) is 177 Å². The predicted molar refractivity (Wildman–Crippen MR) is 478 cm³/mol. The molecule has 0 saturated carbocycles. The van der Waals surface area contributed by atoms with Gasteiger partial charge in [-0.15, -0.1) is 0 Å². The van der Waals surface area contributed by atoms with E-state index in [4.69, 9.17) is 8.83 Å². The predicted octanol–water partition coefficient (Wildman–Crippen LogP) is 31.0. The third kappa shape index (κ3) is 9.84. The van der Waals surface area contributed by atoms with Crippen LogP contribution < -0.4 is 9.80 Å². The number of benzene rings is 18. The third-order valence-corrected chi connectivity index (χ3v) is 25.3. The lowest BCUT2D eigenvalue weighted by molar-refractivity contribution is 0.660. The van der Waals surface area contributed by atoms with Gasteiger partial charge in [-0.1, -0.05) is 313 Å². The van der Waals surface area contributed by atoms with Crippen molar-refractivity contribution in [2.75, 3.05) is 9.80 Å². The third-order valence-electron chi connectivity index (χ3n) is 25.3. The average molecular weight is 1460 g/mol. The molecule has 2 heterocycles. The van der Waals surface area contributed by atoms with Gasteiger partial charge in [0.1, 0.15) is 22.3 Å². The number of fused-ring (bicyclic) bond motifs is 18. The second kappa shape index (κ2) is 25.1. The summed E-state index contributed by atoms with van der Waals surface area (Å²) in [5, 5.41) is 9.65. The van der Waals surface area contributed by atoms with Gasteiger partial charge in [0.2, 0.25) is 0 Å². The Morgan fingerprint density at radius 1 is 0.193 bits per heavy atom. The minimum atomic E-state index is -0.120. The first-order valence-electron chi connectivity index (χ1n) is 39.7. The van der Waals surface area contributed by atoms with Crippen molar-refractivity contribution in [2.45, 2.75) is 38.5 Å². The number of anilines is 6. The van der Waals surface area contributed by atoms with Gasteiger partial charge in [0, 0.05) is 66.3 Å². The van der Waals surface area contributed by atoms with E-state index >= 15 is 0 Å². The van der Waals surface area contributed by atoms with E-state index < -0.39 is 0 Å².